The van der Waals surface area contributed by atoms with Gasteiger partial charge in [0, 0.05) is 25.6 Å². The lowest BCUT2D eigenvalue weighted by Gasteiger charge is -2.17. The van der Waals surface area contributed by atoms with E-state index in [-0.39, 0.29) is 12.0 Å². The first-order valence-corrected chi connectivity index (χ1v) is 7.28. The molecule has 1 aliphatic heterocycles. The zero-order valence-corrected chi connectivity index (χ0v) is 12.0. The van der Waals surface area contributed by atoms with E-state index in [0.29, 0.717) is 25.2 Å². The maximum atomic E-state index is 14.0. The molecule has 2 N–H and O–H groups in total. The summed E-state index contributed by atoms with van der Waals surface area (Å²) in [5.41, 5.74) is 3.70. The van der Waals surface area contributed by atoms with Gasteiger partial charge >= 0.3 is 0 Å². The van der Waals surface area contributed by atoms with Crippen LogP contribution in [0.1, 0.15) is 17.0 Å². The standard InChI is InChI=1S/C17H18F2N2O/c18-13-6-7-16(19)14(8-13)15-10-21(11-17(15)20-22)9-12-4-2-1-3-5-12/h1-8,15,17,20,22H,9-11H2/t15-,17+/m1/s1. The van der Waals surface area contributed by atoms with Crippen LogP contribution in [0, 0.1) is 11.6 Å². The largest absolute Gasteiger partial charge is 0.316 e. The van der Waals surface area contributed by atoms with Crippen LogP contribution in [0.4, 0.5) is 8.78 Å². The molecule has 0 bridgehead atoms. The van der Waals surface area contributed by atoms with Crippen LogP contribution in [0.15, 0.2) is 48.5 Å². The minimum atomic E-state index is -0.463. The van der Waals surface area contributed by atoms with Crippen molar-refractivity contribution in [3.63, 3.8) is 0 Å². The smallest absolute Gasteiger partial charge is 0.126 e. The molecule has 2 aromatic rings. The highest BCUT2D eigenvalue weighted by Crippen LogP contribution is 2.30. The van der Waals surface area contributed by atoms with E-state index in [1.807, 2.05) is 30.3 Å². The Morgan fingerprint density at radius 1 is 1.09 bits per heavy atom. The van der Waals surface area contributed by atoms with Gasteiger partial charge in [-0.3, -0.25) is 4.90 Å². The lowest BCUT2D eigenvalue weighted by Crippen LogP contribution is -2.33. The second kappa shape index (κ2) is 6.52. The fraction of sp³-hybridized carbons (Fsp3) is 0.294. The molecule has 0 saturated carbocycles. The fourth-order valence-corrected chi connectivity index (χ4v) is 3.10. The van der Waals surface area contributed by atoms with Gasteiger partial charge in [0.2, 0.25) is 0 Å². The van der Waals surface area contributed by atoms with Crippen LogP contribution in [0.5, 0.6) is 0 Å². The van der Waals surface area contributed by atoms with Gasteiger partial charge in [-0.1, -0.05) is 30.3 Å². The first-order valence-electron chi connectivity index (χ1n) is 7.28. The van der Waals surface area contributed by atoms with Crippen molar-refractivity contribution in [2.45, 2.75) is 18.5 Å². The van der Waals surface area contributed by atoms with E-state index in [2.05, 4.69) is 10.4 Å². The molecule has 1 heterocycles. The normalized spacial score (nSPS) is 22.1. The maximum absolute atomic E-state index is 14.0. The predicted octanol–water partition coefficient (Wildman–Crippen LogP) is 2.91. The first-order chi connectivity index (χ1) is 10.7. The number of nitrogens with one attached hydrogen (secondary N) is 1. The highest BCUT2D eigenvalue weighted by Gasteiger charge is 2.35. The molecule has 5 heteroatoms. The second-order valence-corrected chi connectivity index (χ2v) is 5.69. The number of hydrogen-bond acceptors (Lipinski definition) is 3. The Kier molecular flexibility index (Phi) is 4.47. The van der Waals surface area contributed by atoms with Crippen molar-refractivity contribution in [1.82, 2.24) is 10.4 Å². The van der Waals surface area contributed by atoms with Crippen LogP contribution in [0.3, 0.4) is 0 Å². The molecule has 22 heavy (non-hydrogen) atoms. The molecule has 0 unspecified atom stereocenters. The second-order valence-electron chi connectivity index (χ2n) is 5.69. The van der Waals surface area contributed by atoms with Crippen LogP contribution in [-0.2, 0) is 6.54 Å². The van der Waals surface area contributed by atoms with Crippen LogP contribution in [0.2, 0.25) is 0 Å². The molecule has 3 nitrogen and oxygen atoms in total. The summed E-state index contributed by atoms with van der Waals surface area (Å²) in [6.07, 6.45) is 0. The number of halogens is 2. The lowest BCUT2D eigenvalue weighted by molar-refractivity contribution is 0.121. The van der Waals surface area contributed by atoms with Gasteiger partial charge in [-0.05, 0) is 29.3 Å². The third kappa shape index (κ3) is 3.16. The van der Waals surface area contributed by atoms with Crippen molar-refractivity contribution < 1.29 is 14.0 Å². The van der Waals surface area contributed by atoms with Crippen LogP contribution in [-0.4, -0.2) is 29.2 Å². The van der Waals surface area contributed by atoms with Crippen LogP contribution in [0.25, 0.3) is 0 Å². The van der Waals surface area contributed by atoms with Crippen LogP contribution >= 0.6 is 0 Å². The molecular weight excluding hydrogens is 286 g/mol. The summed E-state index contributed by atoms with van der Waals surface area (Å²) < 4.78 is 27.4. The molecule has 1 aliphatic rings. The van der Waals surface area contributed by atoms with Crippen molar-refractivity contribution >= 4 is 0 Å². The van der Waals surface area contributed by atoms with Crippen LogP contribution < -0.4 is 5.48 Å². The highest BCUT2D eigenvalue weighted by atomic mass is 19.1. The summed E-state index contributed by atoms with van der Waals surface area (Å²) in [6, 6.07) is 13.1. The SMILES string of the molecule is ON[C@H]1CN(Cc2ccccc2)C[C@@H]1c1cc(F)ccc1F. The van der Waals surface area contributed by atoms with Gasteiger partial charge in [-0.25, -0.2) is 14.3 Å². The van der Waals surface area contributed by atoms with Gasteiger partial charge in [-0.2, -0.15) is 0 Å². The average molecular weight is 304 g/mol. The number of likely N-dealkylation sites (tertiary alicyclic amines) is 1. The van der Waals surface area contributed by atoms with E-state index in [1.54, 1.807) is 0 Å². The Bertz CT molecular complexity index is 636. The first kappa shape index (κ1) is 15.1. The van der Waals surface area contributed by atoms with E-state index in [0.717, 1.165) is 17.7 Å². The summed E-state index contributed by atoms with van der Waals surface area (Å²) >= 11 is 0. The number of benzene rings is 2. The van der Waals surface area contributed by atoms with Gasteiger partial charge < -0.3 is 5.21 Å². The van der Waals surface area contributed by atoms with Crippen molar-refractivity contribution in [1.29, 1.82) is 0 Å². The molecule has 116 valence electrons. The van der Waals surface area contributed by atoms with Crippen molar-refractivity contribution in [2.75, 3.05) is 13.1 Å². The van der Waals surface area contributed by atoms with E-state index in [4.69, 9.17) is 0 Å². The zero-order valence-electron chi connectivity index (χ0n) is 12.0. The molecule has 0 spiro atoms. The maximum Gasteiger partial charge on any atom is 0.126 e. The number of hydroxylamine groups is 1. The molecule has 1 saturated heterocycles. The molecule has 0 amide bonds. The molecule has 2 atom stereocenters. The van der Waals surface area contributed by atoms with E-state index >= 15 is 0 Å². The monoisotopic (exact) mass is 304 g/mol. The third-order valence-electron chi connectivity index (χ3n) is 4.17. The summed E-state index contributed by atoms with van der Waals surface area (Å²) in [5, 5.41) is 9.35. The molecule has 0 aromatic heterocycles. The molecule has 3 rings (SSSR count). The Labute approximate surface area is 128 Å². The highest BCUT2D eigenvalue weighted by molar-refractivity contribution is 5.27. The quantitative estimate of drug-likeness (QED) is 0.853. The molecule has 2 aromatic carbocycles. The number of nitrogens with zero attached hydrogens (tertiary/aromatic N) is 1. The Hall–Kier alpha value is -1.82. The fourth-order valence-electron chi connectivity index (χ4n) is 3.10. The summed E-state index contributed by atoms with van der Waals surface area (Å²) in [4.78, 5) is 2.12. The minimum Gasteiger partial charge on any atom is -0.316 e. The van der Waals surface area contributed by atoms with Gasteiger partial charge in [0.15, 0.2) is 0 Å². The Balaban J connectivity index is 1.79. The van der Waals surface area contributed by atoms with E-state index < -0.39 is 11.6 Å². The van der Waals surface area contributed by atoms with E-state index in [1.165, 1.54) is 6.07 Å². The average Bonchev–Trinajstić information content (AvgIpc) is 2.93. The molecule has 0 radical (unpaired) electrons. The van der Waals surface area contributed by atoms with Gasteiger partial charge in [0.25, 0.3) is 0 Å². The van der Waals surface area contributed by atoms with E-state index in [9.17, 15) is 14.0 Å². The van der Waals surface area contributed by atoms with Crippen molar-refractivity contribution in [3.05, 3.63) is 71.3 Å². The molecular formula is C17H18F2N2O. The van der Waals surface area contributed by atoms with Crippen molar-refractivity contribution in [2.24, 2.45) is 0 Å². The Morgan fingerprint density at radius 3 is 2.59 bits per heavy atom. The lowest BCUT2D eigenvalue weighted by atomic mass is 9.94. The van der Waals surface area contributed by atoms with Gasteiger partial charge in [-0.15, -0.1) is 0 Å². The third-order valence-corrected chi connectivity index (χ3v) is 4.17. The van der Waals surface area contributed by atoms with Crippen molar-refractivity contribution in [3.8, 4) is 0 Å². The zero-order chi connectivity index (χ0) is 15.5. The number of rotatable bonds is 4. The topological polar surface area (TPSA) is 35.5 Å². The van der Waals surface area contributed by atoms with Gasteiger partial charge in [0.1, 0.15) is 11.6 Å². The summed E-state index contributed by atoms with van der Waals surface area (Å²) in [5.74, 6) is -1.19. The summed E-state index contributed by atoms with van der Waals surface area (Å²) in [7, 11) is 0. The Morgan fingerprint density at radius 2 is 1.86 bits per heavy atom. The number of hydrogen-bond donors (Lipinski definition) is 2. The minimum absolute atomic E-state index is 0.288. The summed E-state index contributed by atoms with van der Waals surface area (Å²) in [6.45, 7) is 1.85. The molecule has 1 fully saturated rings. The van der Waals surface area contributed by atoms with Gasteiger partial charge in [0.05, 0.1) is 6.04 Å². The molecule has 0 aliphatic carbocycles. The predicted molar refractivity (Wildman–Crippen MR) is 79.5 cm³/mol.